The van der Waals surface area contributed by atoms with Gasteiger partial charge in [-0.3, -0.25) is 9.20 Å². The number of sulfonamides is 1. The Bertz CT molecular complexity index is 1160. The van der Waals surface area contributed by atoms with Crippen LogP contribution < -0.4 is 10.5 Å². The van der Waals surface area contributed by atoms with Gasteiger partial charge in [0, 0.05) is 17.1 Å². The van der Waals surface area contributed by atoms with E-state index in [0.29, 0.717) is 42.6 Å². The molecule has 0 amide bonds. The highest BCUT2D eigenvalue weighted by Gasteiger charge is 2.30. The Hall–Kier alpha value is -2.07. The molecule has 1 aliphatic heterocycles. The van der Waals surface area contributed by atoms with E-state index in [-0.39, 0.29) is 5.56 Å². The van der Waals surface area contributed by atoms with Crippen molar-refractivity contribution in [2.45, 2.75) is 25.3 Å². The molecule has 1 aromatic carbocycles. The fourth-order valence-corrected chi connectivity index (χ4v) is 5.86. The number of rotatable bonds is 4. The molecule has 7 nitrogen and oxygen atoms in total. The first kappa shape index (κ1) is 19.3. The second-order valence-corrected chi connectivity index (χ2v) is 10.00. The number of piperazine rings is 1. The van der Waals surface area contributed by atoms with Crippen LogP contribution in [0.3, 0.4) is 0 Å². The number of nitrogens with zero attached hydrogens (tertiary/aromatic N) is 3. The zero-order valence-corrected chi connectivity index (χ0v) is 17.5. The summed E-state index contributed by atoms with van der Waals surface area (Å²) in [4.78, 5) is 19.2. The second-order valence-electron chi connectivity index (χ2n) is 7.22. The van der Waals surface area contributed by atoms with E-state index in [1.54, 1.807) is 26.9 Å². The number of aromatic nitrogens is 2. The summed E-state index contributed by atoms with van der Waals surface area (Å²) in [6.45, 7) is 6.76. The van der Waals surface area contributed by atoms with Gasteiger partial charge in [0.2, 0.25) is 10.0 Å². The van der Waals surface area contributed by atoms with Crippen LogP contribution in [0.4, 0.5) is 0 Å². The molecule has 0 aliphatic carbocycles. The molecule has 1 saturated heterocycles. The van der Waals surface area contributed by atoms with Crippen LogP contribution in [0.5, 0.6) is 0 Å². The third-order valence-electron chi connectivity index (χ3n) is 5.15. The summed E-state index contributed by atoms with van der Waals surface area (Å²) in [6.07, 6.45) is 0. The normalized spacial score (nSPS) is 16.6. The molecule has 148 valence electrons. The molecule has 3 heterocycles. The number of hydrogen-bond donors (Lipinski definition) is 1. The van der Waals surface area contributed by atoms with Gasteiger partial charge in [-0.25, -0.2) is 13.4 Å². The monoisotopic (exact) mass is 419 g/mol. The Morgan fingerprint density at radius 1 is 1.14 bits per heavy atom. The summed E-state index contributed by atoms with van der Waals surface area (Å²) in [5.41, 5.74) is 2.64. The zero-order chi connectivity index (χ0) is 19.9. The highest BCUT2D eigenvalue weighted by atomic mass is 32.2. The largest absolute Gasteiger partial charge is 0.328 e. The molecule has 1 N–H and O–H groups in total. The van der Waals surface area contributed by atoms with Crippen molar-refractivity contribution in [2.75, 3.05) is 26.2 Å². The van der Waals surface area contributed by atoms with Crippen molar-refractivity contribution >= 4 is 26.3 Å². The Balaban J connectivity index is 1.44. The summed E-state index contributed by atoms with van der Waals surface area (Å²) >= 11 is 1.46. The smallest absolute Gasteiger partial charge is 0.259 e. The fraction of sp³-hybridized carbons (Fsp3) is 0.368. The Morgan fingerprint density at radius 2 is 1.82 bits per heavy atom. The molecule has 3 aromatic rings. The maximum absolute atomic E-state index is 12.8. The van der Waals surface area contributed by atoms with Crippen LogP contribution in [0, 0.1) is 13.8 Å². The maximum Gasteiger partial charge on any atom is 0.259 e. The van der Waals surface area contributed by atoms with E-state index in [1.807, 2.05) is 31.4 Å². The molecular weight excluding hydrogens is 396 g/mol. The number of aryl methyl sites for hydroxylation is 2. The summed E-state index contributed by atoms with van der Waals surface area (Å²) in [5, 5.41) is 1.93. The molecule has 0 bridgehead atoms. The number of hydrogen-bond acceptors (Lipinski definition) is 5. The van der Waals surface area contributed by atoms with Crippen molar-refractivity contribution in [2.24, 2.45) is 0 Å². The van der Waals surface area contributed by atoms with Gasteiger partial charge in [0.1, 0.15) is 12.2 Å². The Kier molecular flexibility index (Phi) is 5.09. The number of quaternary nitrogens is 1. The van der Waals surface area contributed by atoms with E-state index in [4.69, 9.17) is 0 Å². The summed E-state index contributed by atoms with van der Waals surface area (Å²) in [7, 11) is -3.46. The molecule has 4 rings (SSSR count). The fourth-order valence-electron chi connectivity index (χ4n) is 3.53. The molecule has 0 atom stereocenters. The quantitative estimate of drug-likeness (QED) is 0.667. The first-order chi connectivity index (χ1) is 13.3. The lowest BCUT2D eigenvalue weighted by Crippen LogP contribution is -3.13. The number of nitrogens with one attached hydrogen (secondary N) is 1. The molecule has 1 aliphatic rings. The Morgan fingerprint density at radius 3 is 2.50 bits per heavy atom. The van der Waals surface area contributed by atoms with Gasteiger partial charge in [0.25, 0.3) is 5.56 Å². The van der Waals surface area contributed by atoms with E-state index >= 15 is 0 Å². The molecule has 0 radical (unpaired) electrons. The molecule has 0 saturated carbocycles. The Labute approximate surface area is 167 Å². The molecule has 28 heavy (non-hydrogen) atoms. The van der Waals surface area contributed by atoms with Gasteiger partial charge in [-0.05, 0) is 26.0 Å². The molecule has 2 aromatic heterocycles. The van der Waals surface area contributed by atoms with Gasteiger partial charge < -0.3 is 4.90 Å². The SMILES string of the molecule is Cc1ccc(S(=O)(=O)N2CC[NH+](Cc3cc(=O)n4c(C)csc4n3)CC2)cc1. The lowest BCUT2D eigenvalue weighted by atomic mass is 10.2. The first-order valence-electron chi connectivity index (χ1n) is 9.22. The third-order valence-corrected chi connectivity index (χ3v) is 8.00. The van der Waals surface area contributed by atoms with Gasteiger partial charge in [-0.2, -0.15) is 4.31 Å². The molecular formula is C19H23N4O3S2+. The standard InChI is InChI=1S/C19H22N4O3S2/c1-14-3-5-17(6-4-14)28(25,26)22-9-7-21(8-10-22)12-16-11-18(24)23-15(2)13-27-19(23)20-16/h3-6,11,13H,7-10,12H2,1-2H3/p+1. The van der Waals surface area contributed by atoms with E-state index < -0.39 is 10.0 Å². The molecule has 9 heteroatoms. The predicted octanol–water partition coefficient (Wildman–Crippen LogP) is 0.462. The lowest BCUT2D eigenvalue weighted by molar-refractivity contribution is -0.917. The van der Waals surface area contributed by atoms with Crippen molar-refractivity contribution in [3.05, 3.63) is 63.0 Å². The van der Waals surface area contributed by atoms with E-state index in [9.17, 15) is 13.2 Å². The van der Waals surface area contributed by atoms with Crippen LogP contribution in [-0.2, 0) is 16.6 Å². The van der Waals surface area contributed by atoms with Crippen LogP contribution in [0.15, 0.2) is 45.4 Å². The minimum absolute atomic E-state index is 0.0567. The molecule has 0 unspecified atom stereocenters. The first-order valence-corrected chi connectivity index (χ1v) is 11.5. The molecule has 0 spiro atoms. The van der Waals surface area contributed by atoms with E-state index in [1.165, 1.54) is 16.2 Å². The van der Waals surface area contributed by atoms with Crippen molar-refractivity contribution in [1.82, 2.24) is 13.7 Å². The van der Waals surface area contributed by atoms with Crippen LogP contribution in [0.2, 0.25) is 0 Å². The third kappa shape index (κ3) is 3.62. The van der Waals surface area contributed by atoms with E-state index in [0.717, 1.165) is 17.0 Å². The predicted molar refractivity (Wildman–Crippen MR) is 108 cm³/mol. The maximum atomic E-state index is 12.8. The molecule has 1 fully saturated rings. The lowest BCUT2D eigenvalue weighted by Gasteiger charge is -2.31. The number of benzene rings is 1. The van der Waals surface area contributed by atoms with Crippen LogP contribution in [0.25, 0.3) is 4.96 Å². The number of fused-ring (bicyclic) bond motifs is 1. The zero-order valence-electron chi connectivity index (χ0n) is 15.9. The average Bonchev–Trinajstić information content (AvgIpc) is 3.04. The van der Waals surface area contributed by atoms with Crippen molar-refractivity contribution < 1.29 is 13.3 Å². The van der Waals surface area contributed by atoms with Gasteiger partial charge in [-0.15, -0.1) is 11.3 Å². The van der Waals surface area contributed by atoms with Crippen molar-refractivity contribution in [3.63, 3.8) is 0 Å². The minimum atomic E-state index is -3.46. The van der Waals surface area contributed by atoms with Gasteiger partial charge in [0.15, 0.2) is 4.96 Å². The summed E-state index contributed by atoms with van der Waals surface area (Å²) in [5.74, 6) is 0. The summed E-state index contributed by atoms with van der Waals surface area (Å²) < 4.78 is 28.8. The second kappa shape index (κ2) is 7.40. The van der Waals surface area contributed by atoms with Crippen molar-refractivity contribution in [1.29, 1.82) is 0 Å². The van der Waals surface area contributed by atoms with Gasteiger partial charge in [-0.1, -0.05) is 17.7 Å². The van der Waals surface area contributed by atoms with Gasteiger partial charge >= 0.3 is 0 Å². The minimum Gasteiger partial charge on any atom is -0.328 e. The van der Waals surface area contributed by atoms with Gasteiger partial charge in [0.05, 0.1) is 31.1 Å². The highest BCUT2D eigenvalue weighted by Crippen LogP contribution is 2.16. The van der Waals surface area contributed by atoms with E-state index in [2.05, 4.69) is 4.98 Å². The topological polar surface area (TPSA) is 76.2 Å². The number of thiazole rings is 1. The average molecular weight is 420 g/mol. The van der Waals surface area contributed by atoms with Crippen LogP contribution in [0.1, 0.15) is 17.0 Å². The highest BCUT2D eigenvalue weighted by molar-refractivity contribution is 7.89. The van der Waals surface area contributed by atoms with Crippen molar-refractivity contribution in [3.8, 4) is 0 Å². The van der Waals surface area contributed by atoms with Crippen LogP contribution >= 0.6 is 11.3 Å². The summed E-state index contributed by atoms with van der Waals surface area (Å²) in [6, 6.07) is 8.57. The van der Waals surface area contributed by atoms with Crippen LogP contribution in [-0.4, -0.2) is 48.3 Å².